The number of hydrogen-bond donors (Lipinski definition) is 0. The minimum atomic E-state index is 1.24. The predicted molar refractivity (Wildman–Crippen MR) is 101 cm³/mol. The van der Waals surface area contributed by atoms with Gasteiger partial charge in [-0.3, -0.25) is 0 Å². The van der Waals surface area contributed by atoms with Crippen molar-refractivity contribution in [3.63, 3.8) is 0 Å². The minimum absolute atomic E-state index is 1.24. The molecule has 0 radical (unpaired) electrons. The standard InChI is InChI=1S/C18H28N4/c1-19(2)15-11-9-14-13(17(15)21(5)6)10-12-16(20(3)4)18(14)22(7)8/h9-12H,1-8H3. The highest BCUT2D eigenvalue weighted by Crippen LogP contribution is 2.42. The van der Waals surface area contributed by atoms with Crippen LogP contribution in [0.1, 0.15) is 0 Å². The summed E-state index contributed by atoms with van der Waals surface area (Å²) in [6, 6.07) is 8.90. The van der Waals surface area contributed by atoms with Gasteiger partial charge in [0.2, 0.25) is 0 Å². The summed E-state index contributed by atoms with van der Waals surface area (Å²) < 4.78 is 0. The number of benzene rings is 2. The van der Waals surface area contributed by atoms with Gasteiger partial charge in [0.05, 0.1) is 22.7 Å². The molecule has 0 atom stereocenters. The summed E-state index contributed by atoms with van der Waals surface area (Å²) in [4.78, 5) is 8.74. The monoisotopic (exact) mass is 300 g/mol. The molecule has 0 fully saturated rings. The van der Waals surface area contributed by atoms with Crippen molar-refractivity contribution >= 4 is 33.5 Å². The molecule has 2 aromatic carbocycles. The molecule has 0 aliphatic heterocycles. The van der Waals surface area contributed by atoms with E-state index < -0.39 is 0 Å². The Morgan fingerprint density at radius 1 is 0.455 bits per heavy atom. The summed E-state index contributed by atoms with van der Waals surface area (Å²) in [6.07, 6.45) is 0. The fourth-order valence-electron chi connectivity index (χ4n) is 3.01. The topological polar surface area (TPSA) is 13.0 Å². The maximum absolute atomic E-state index is 2.24. The molecule has 0 unspecified atom stereocenters. The Bertz CT molecular complexity index is 613. The highest BCUT2D eigenvalue weighted by atomic mass is 15.2. The van der Waals surface area contributed by atoms with Gasteiger partial charge >= 0.3 is 0 Å². The van der Waals surface area contributed by atoms with Gasteiger partial charge in [0.15, 0.2) is 0 Å². The molecule has 22 heavy (non-hydrogen) atoms. The van der Waals surface area contributed by atoms with Gasteiger partial charge in [-0.1, -0.05) is 12.1 Å². The molecule has 0 saturated heterocycles. The smallest absolute Gasteiger partial charge is 0.0679 e. The number of fused-ring (bicyclic) bond motifs is 1. The van der Waals surface area contributed by atoms with Crippen LogP contribution in [-0.2, 0) is 0 Å². The van der Waals surface area contributed by atoms with Crippen molar-refractivity contribution in [3.05, 3.63) is 24.3 Å². The molecule has 0 aliphatic carbocycles. The van der Waals surface area contributed by atoms with Crippen molar-refractivity contribution in [2.24, 2.45) is 0 Å². The van der Waals surface area contributed by atoms with Crippen LogP contribution in [0.15, 0.2) is 24.3 Å². The first-order valence-electron chi connectivity index (χ1n) is 7.54. The van der Waals surface area contributed by atoms with Crippen LogP contribution in [0.3, 0.4) is 0 Å². The molecule has 0 N–H and O–H groups in total. The predicted octanol–water partition coefficient (Wildman–Crippen LogP) is 3.10. The lowest BCUT2D eigenvalue weighted by atomic mass is 10.0. The Kier molecular flexibility index (Phi) is 4.40. The molecule has 120 valence electrons. The Labute approximate surface area is 134 Å². The summed E-state index contributed by atoms with van der Waals surface area (Å²) >= 11 is 0. The first kappa shape index (κ1) is 16.3. The largest absolute Gasteiger partial charge is 0.376 e. The lowest BCUT2D eigenvalue weighted by molar-refractivity contribution is 1.07. The van der Waals surface area contributed by atoms with Gasteiger partial charge < -0.3 is 19.6 Å². The second-order valence-corrected chi connectivity index (χ2v) is 6.54. The summed E-state index contributed by atoms with van der Waals surface area (Å²) in [7, 11) is 16.8. The van der Waals surface area contributed by atoms with Crippen LogP contribution >= 0.6 is 0 Å². The number of anilines is 4. The van der Waals surface area contributed by atoms with Crippen molar-refractivity contribution in [2.45, 2.75) is 0 Å². The molecule has 0 aromatic heterocycles. The Morgan fingerprint density at radius 2 is 0.773 bits per heavy atom. The molecule has 0 spiro atoms. The van der Waals surface area contributed by atoms with E-state index in [1.54, 1.807) is 0 Å². The number of nitrogens with zero attached hydrogens (tertiary/aromatic N) is 4. The fraction of sp³-hybridized carbons (Fsp3) is 0.444. The van der Waals surface area contributed by atoms with Crippen molar-refractivity contribution < 1.29 is 0 Å². The highest BCUT2D eigenvalue weighted by molar-refractivity contribution is 6.09. The molecule has 0 amide bonds. The van der Waals surface area contributed by atoms with Crippen molar-refractivity contribution in [1.82, 2.24) is 0 Å². The zero-order valence-corrected chi connectivity index (χ0v) is 15.1. The van der Waals surface area contributed by atoms with E-state index in [-0.39, 0.29) is 0 Å². The van der Waals surface area contributed by atoms with E-state index in [9.17, 15) is 0 Å². The molecule has 4 nitrogen and oxygen atoms in total. The SMILES string of the molecule is CN(C)c1ccc2c(N(C)C)c(N(C)C)ccc2c1N(C)C. The number of rotatable bonds is 4. The maximum atomic E-state index is 2.24. The van der Waals surface area contributed by atoms with Crippen LogP contribution < -0.4 is 19.6 Å². The third-order valence-corrected chi connectivity index (χ3v) is 3.96. The first-order chi connectivity index (χ1) is 10.3. The zero-order valence-electron chi connectivity index (χ0n) is 15.1. The lowest BCUT2D eigenvalue weighted by Gasteiger charge is -2.28. The van der Waals surface area contributed by atoms with Gasteiger partial charge in [0, 0.05) is 67.2 Å². The van der Waals surface area contributed by atoms with E-state index in [0.29, 0.717) is 0 Å². The highest BCUT2D eigenvalue weighted by Gasteiger charge is 2.17. The second kappa shape index (κ2) is 5.95. The normalized spacial score (nSPS) is 10.7. The lowest BCUT2D eigenvalue weighted by Crippen LogP contribution is -2.19. The van der Waals surface area contributed by atoms with Crippen LogP contribution in [0.4, 0.5) is 22.7 Å². The molecule has 0 bridgehead atoms. The maximum Gasteiger partial charge on any atom is 0.0679 e. The molecule has 0 aliphatic rings. The average molecular weight is 300 g/mol. The van der Waals surface area contributed by atoms with Gasteiger partial charge in [0.1, 0.15) is 0 Å². The van der Waals surface area contributed by atoms with Gasteiger partial charge in [-0.2, -0.15) is 0 Å². The van der Waals surface area contributed by atoms with E-state index in [0.717, 1.165) is 0 Å². The summed E-state index contributed by atoms with van der Waals surface area (Å²) in [5, 5.41) is 2.57. The van der Waals surface area contributed by atoms with Gasteiger partial charge in [-0.05, 0) is 12.1 Å². The van der Waals surface area contributed by atoms with Crippen LogP contribution in [0.2, 0.25) is 0 Å². The van der Waals surface area contributed by atoms with Gasteiger partial charge in [-0.15, -0.1) is 0 Å². The zero-order chi connectivity index (χ0) is 16.6. The Hall–Kier alpha value is -2.10. The Balaban J connectivity index is 2.90. The van der Waals surface area contributed by atoms with Crippen LogP contribution in [0, 0.1) is 0 Å². The molecule has 4 heteroatoms. The van der Waals surface area contributed by atoms with E-state index in [2.05, 4.69) is 100 Å². The summed E-state index contributed by atoms with van der Waals surface area (Å²) in [5.74, 6) is 0. The third-order valence-electron chi connectivity index (χ3n) is 3.96. The molecule has 2 aromatic rings. The molecular weight excluding hydrogens is 272 g/mol. The third kappa shape index (κ3) is 2.65. The summed E-state index contributed by atoms with van der Waals surface area (Å²) in [6.45, 7) is 0. The van der Waals surface area contributed by atoms with Crippen LogP contribution in [0.25, 0.3) is 10.8 Å². The first-order valence-corrected chi connectivity index (χ1v) is 7.54. The average Bonchev–Trinajstić information content (AvgIpc) is 2.43. The van der Waals surface area contributed by atoms with E-state index in [1.165, 1.54) is 33.5 Å². The molecule has 0 saturated carbocycles. The quantitative estimate of drug-likeness (QED) is 0.860. The Morgan fingerprint density at radius 3 is 1.00 bits per heavy atom. The van der Waals surface area contributed by atoms with Crippen molar-refractivity contribution in [3.8, 4) is 0 Å². The van der Waals surface area contributed by atoms with Crippen molar-refractivity contribution in [2.75, 3.05) is 76.0 Å². The van der Waals surface area contributed by atoms with Gasteiger partial charge in [0.25, 0.3) is 0 Å². The fourth-order valence-corrected chi connectivity index (χ4v) is 3.01. The van der Waals surface area contributed by atoms with Gasteiger partial charge in [-0.25, -0.2) is 0 Å². The van der Waals surface area contributed by atoms with E-state index >= 15 is 0 Å². The molecular formula is C18H28N4. The van der Waals surface area contributed by atoms with Crippen LogP contribution in [0.5, 0.6) is 0 Å². The van der Waals surface area contributed by atoms with E-state index in [1.807, 2.05) is 0 Å². The molecule has 2 rings (SSSR count). The van der Waals surface area contributed by atoms with Crippen molar-refractivity contribution in [1.29, 1.82) is 0 Å². The molecule has 0 heterocycles. The minimum Gasteiger partial charge on any atom is -0.376 e. The summed E-state index contributed by atoms with van der Waals surface area (Å²) in [5.41, 5.74) is 4.99. The van der Waals surface area contributed by atoms with Crippen LogP contribution in [-0.4, -0.2) is 56.4 Å². The second-order valence-electron chi connectivity index (χ2n) is 6.54. The number of hydrogen-bond acceptors (Lipinski definition) is 4. The van der Waals surface area contributed by atoms with E-state index in [4.69, 9.17) is 0 Å².